The number of amides is 1. The average Bonchev–Trinajstić information content (AvgIpc) is 2.45. The molecule has 0 saturated carbocycles. The number of hydrogen-bond acceptors (Lipinski definition) is 2. The van der Waals surface area contributed by atoms with Crippen molar-refractivity contribution in [2.24, 2.45) is 5.73 Å². The van der Waals surface area contributed by atoms with Crippen molar-refractivity contribution >= 4 is 18.3 Å². The highest BCUT2D eigenvalue weighted by Crippen LogP contribution is 2.09. The zero-order chi connectivity index (χ0) is 13.9. The van der Waals surface area contributed by atoms with E-state index in [9.17, 15) is 4.79 Å². The Hall–Kier alpha value is -1.06. The molecule has 0 saturated heterocycles. The summed E-state index contributed by atoms with van der Waals surface area (Å²) in [5, 5.41) is 3.00. The zero-order valence-electron chi connectivity index (χ0n) is 12.4. The van der Waals surface area contributed by atoms with Crippen molar-refractivity contribution in [3.63, 3.8) is 0 Å². The third-order valence-corrected chi connectivity index (χ3v) is 3.33. The summed E-state index contributed by atoms with van der Waals surface area (Å²) in [4.78, 5) is 11.7. The van der Waals surface area contributed by atoms with E-state index in [2.05, 4.69) is 24.4 Å². The molecule has 0 heterocycles. The fourth-order valence-electron chi connectivity index (χ4n) is 2.14. The van der Waals surface area contributed by atoms with Crippen LogP contribution in [0.3, 0.4) is 0 Å². The minimum atomic E-state index is 0. The summed E-state index contributed by atoms with van der Waals surface area (Å²) in [5.41, 5.74) is 7.97. The van der Waals surface area contributed by atoms with Gasteiger partial charge in [0.15, 0.2) is 0 Å². The molecule has 1 rings (SSSR count). The Morgan fingerprint density at radius 3 is 2.40 bits per heavy atom. The molecule has 0 aliphatic rings. The van der Waals surface area contributed by atoms with Crippen molar-refractivity contribution in [2.45, 2.75) is 52.0 Å². The van der Waals surface area contributed by atoms with Gasteiger partial charge in [-0.05, 0) is 36.9 Å². The topological polar surface area (TPSA) is 55.1 Å². The lowest BCUT2D eigenvalue weighted by Gasteiger charge is -2.09. The smallest absolute Gasteiger partial charge is 0.220 e. The van der Waals surface area contributed by atoms with Gasteiger partial charge >= 0.3 is 0 Å². The lowest BCUT2D eigenvalue weighted by molar-refractivity contribution is -0.121. The minimum Gasteiger partial charge on any atom is -0.352 e. The Morgan fingerprint density at radius 2 is 1.75 bits per heavy atom. The van der Waals surface area contributed by atoms with Crippen LogP contribution in [-0.2, 0) is 17.8 Å². The van der Waals surface area contributed by atoms with Crippen molar-refractivity contribution in [1.29, 1.82) is 0 Å². The quantitative estimate of drug-likeness (QED) is 0.688. The molecule has 3 N–H and O–H groups in total. The number of carbonyl (C=O) groups is 1. The summed E-state index contributed by atoms with van der Waals surface area (Å²) in [6.07, 6.45) is 5.87. The molecule has 1 amide bonds. The van der Waals surface area contributed by atoms with E-state index in [0.29, 0.717) is 13.0 Å². The van der Waals surface area contributed by atoms with Gasteiger partial charge in [0, 0.05) is 13.0 Å². The molecule has 0 aliphatic carbocycles. The van der Waals surface area contributed by atoms with E-state index in [-0.39, 0.29) is 18.3 Å². The Bertz CT molecular complexity index is 382. The van der Waals surface area contributed by atoms with E-state index < -0.39 is 0 Å². The third kappa shape index (κ3) is 7.51. The molecule has 0 spiro atoms. The van der Waals surface area contributed by atoms with Crippen molar-refractivity contribution in [3.05, 3.63) is 35.4 Å². The fourth-order valence-corrected chi connectivity index (χ4v) is 2.14. The molecule has 114 valence electrons. The first-order chi connectivity index (χ1) is 9.27. The van der Waals surface area contributed by atoms with Gasteiger partial charge in [0.2, 0.25) is 5.91 Å². The molecule has 4 heteroatoms. The van der Waals surface area contributed by atoms with Gasteiger partial charge in [-0.25, -0.2) is 0 Å². The molecule has 0 unspecified atom stereocenters. The van der Waals surface area contributed by atoms with Crippen LogP contribution in [0.4, 0.5) is 0 Å². The van der Waals surface area contributed by atoms with Gasteiger partial charge in [0.05, 0.1) is 0 Å². The van der Waals surface area contributed by atoms with E-state index in [4.69, 9.17) is 5.73 Å². The molecule has 3 nitrogen and oxygen atoms in total. The number of hydrogen-bond donors (Lipinski definition) is 2. The van der Waals surface area contributed by atoms with Crippen LogP contribution in [0, 0.1) is 0 Å². The fraction of sp³-hybridized carbons (Fsp3) is 0.562. The molecule has 0 radical (unpaired) electrons. The van der Waals surface area contributed by atoms with Crippen molar-refractivity contribution in [2.75, 3.05) is 6.54 Å². The average molecular weight is 299 g/mol. The van der Waals surface area contributed by atoms with E-state index in [1.807, 2.05) is 12.1 Å². The molecule has 1 aromatic carbocycles. The van der Waals surface area contributed by atoms with Gasteiger partial charge < -0.3 is 11.1 Å². The Morgan fingerprint density at radius 1 is 1.10 bits per heavy atom. The zero-order valence-corrected chi connectivity index (χ0v) is 13.2. The summed E-state index contributed by atoms with van der Waals surface area (Å²) in [5.74, 6) is 0.152. The molecule has 0 aromatic heterocycles. The Labute approximate surface area is 128 Å². The van der Waals surface area contributed by atoms with Crippen LogP contribution in [0.25, 0.3) is 0 Å². The normalized spacial score (nSPS) is 9.90. The predicted octanol–water partition coefficient (Wildman–Crippen LogP) is 3.20. The van der Waals surface area contributed by atoms with Crippen LogP contribution in [0.1, 0.15) is 50.2 Å². The van der Waals surface area contributed by atoms with Crippen LogP contribution in [0.15, 0.2) is 24.3 Å². The van der Waals surface area contributed by atoms with Crippen molar-refractivity contribution in [3.8, 4) is 0 Å². The number of nitrogens with one attached hydrogen (secondary N) is 1. The van der Waals surface area contributed by atoms with E-state index in [1.54, 1.807) is 0 Å². The third-order valence-electron chi connectivity index (χ3n) is 3.33. The first-order valence-electron chi connectivity index (χ1n) is 7.31. The summed E-state index contributed by atoms with van der Waals surface area (Å²) in [6, 6.07) is 8.27. The van der Waals surface area contributed by atoms with E-state index in [1.165, 1.54) is 11.1 Å². The van der Waals surface area contributed by atoms with Crippen LogP contribution in [0.2, 0.25) is 0 Å². The molecule has 1 aromatic rings. The highest BCUT2D eigenvalue weighted by Gasteiger charge is 2.03. The maximum Gasteiger partial charge on any atom is 0.220 e. The van der Waals surface area contributed by atoms with Crippen LogP contribution in [0.5, 0.6) is 0 Å². The molecule has 0 fully saturated rings. The lowest BCUT2D eigenvalue weighted by Crippen LogP contribution is -2.22. The number of halogens is 1. The molecular weight excluding hydrogens is 272 g/mol. The van der Waals surface area contributed by atoms with Crippen LogP contribution >= 0.6 is 12.4 Å². The first kappa shape index (κ1) is 18.9. The largest absolute Gasteiger partial charge is 0.352 e. The molecular formula is C16H27ClN2O. The van der Waals surface area contributed by atoms with Gasteiger partial charge in [-0.2, -0.15) is 0 Å². The number of aryl methyl sites for hydroxylation is 1. The number of unbranched alkanes of at least 4 members (excludes halogenated alkanes) is 3. The number of rotatable bonds is 9. The highest BCUT2D eigenvalue weighted by molar-refractivity contribution is 5.85. The summed E-state index contributed by atoms with van der Waals surface area (Å²) < 4.78 is 0. The first-order valence-corrected chi connectivity index (χ1v) is 7.31. The Kier molecular flexibility index (Phi) is 11.1. The molecule has 20 heavy (non-hydrogen) atoms. The minimum absolute atomic E-state index is 0. The second-order valence-corrected chi connectivity index (χ2v) is 4.85. The van der Waals surface area contributed by atoms with Crippen molar-refractivity contribution < 1.29 is 4.79 Å². The standard InChI is InChI=1S/C16H26N2O.ClH/c1-2-14-9-6-7-10-15(14)13-18-16(19)11-5-3-4-8-12-17;/h6-7,9-10H,2-5,8,11-13,17H2,1H3,(H,18,19);1H. The maximum absolute atomic E-state index is 11.7. The van der Waals surface area contributed by atoms with Crippen LogP contribution in [-0.4, -0.2) is 12.5 Å². The van der Waals surface area contributed by atoms with Gasteiger partial charge in [-0.1, -0.05) is 44.0 Å². The molecule has 0 atom stereocenters. The number of carbonyl (C=O) groups excluding carboxylic acids is 1. The maximum atomic E-state index is 11.7. The summed E-state index contributed by atoms with van der Waals surface area (Å²) in [7, 11) is 0. The van der Waals surface area contributed by atoms with Crippen LogP contribution < -0.4 is 11.1 Å². The lowest BCUT2D eigenvalue weighted by atomic mass is 10.1. The second-order valence-electron chi connectivity index (χ2n) is 4.85. The number of benzene rings is 1. The number of nitrogens with two attached hydrogens (primary N) is 1. The van der Waals surface area contributed by atoms with E-state index in [0.717, 1.165) is 38.6 Å². The van der Waals surface area contributed by atoms with Gasteiger partial charge in [-0.15, -0.1) is 12.4 Å². The molecule has 0 aliphatic heterocycles. The SMILES string of the molecule is CCc1ccccc1CNC(=O)CCCCCCN.Cl. The molecule has 0 bridgehead atoms. The predicted molar refractivity (Wildman–Crippen MR) is 87.1 cm³/mol. The van der Waals surface area contributed by atoms with Crippen molar-refractivity contribution in [1.82, 2.24) is 5.32 Å². The summed E-state index contributed by atoms with van der Waals surface area (Å²) in [6.45, 7) is 3.53. The van der Waals surface area contributed by atoms with Gasteiger partial charge in [-0.3, -0.25) is 4.79 Å². The van der Waals surface area contributed by atoms with Gasteiger partial charge in [0.1, 0.15) is 0 Å². The monoisotopic (exact) mass is 298 g/mol. The van der Waals surface area contributed by atoms with E-state index >= 15 is 0 Å². The second kappa shape index (κ2) is 11.7. The highest BCUT2D eigenvalue weighted by atomic mass is 35.5. The Balaban J connectivity index is 0.00000361. The van der Waals surface area contributed by atoms with Gasteiger partial charge in [0.25, 0.3) is 0 Å². The summed E-state index contributed by atoms with van der Waals surface area (Å²) >= 11 is 0.